The van der Waals surface area contributed by atoms with Gasteiger partial charge >= 0.3 is 5.97 Å². The van der Waals surface area contributed by atoms with Gasteiger partial charge < -0.3 is 14.6 Å². The average Bonchev–Trinajstić information content (AvgIpc) is 2.75. The van der Waals surface area contributed by atoms with Crippen LogP contribution in [0.4, 0.5) is 0 Å². The summed E-state index contributed by atoms with van der Waals surface area (Å²) in [4.78, 5) is 23.4. The molecule has 0 fully saturated rings. The molecule has 1 amide bonds. The number of carbonyl (C=O) groups excluding carboxylic acids is 1. The number of aromatic nitrogens is 1. The maximum atomic E-state index is 11.6. The number of carboxylic acid groups (broad SMARTS) is 1. The minimum Gasteiger partial charge on any atom is -0.481 e. The molecular weight excluding hydrogens is 208 g/mol. The van der Waals surface area contributed by atoms with Gasteiger partial charge in [-0.2, -0.15) is 0 Å². The van der Waals surface area contributed by atoms with Crippen molar-refractivity contribution in [2.75, 3.05) is 13.6 Å². The molecule has 0 spiro atoms. The summed E-state index contributed by atoms with van der Waals surface area (Å²) in [6, 6.07) is 3.80. The highest BCUT2D eigenvalue weighted by Gasteiger charge is 2.09. The second-order valence-corrected chi connectivity index (χ2v) is 3.63. The summed E-state index contributed by atoms with van der Waals surface area (Å²) >= 11 is 0. The Morgan fingerprint density at radius 2 is 1.88 bits per heavy atom. The van der Waals surface area contributed by atoms with E-state index in [4.69, 9.17) is 5.11 Å². The van der Waals surface area contributed by atoms with Gasteiger partial charge in [0.05, 0.1) is 6.42 Å². The first-order chi connectivity index (χ1) is 7.59. The first-order valence-corrected chi connectivity index (χ1v) is 5.16. The van der Waals surface area contributed by atoms with Crippen LogP contribution in [0.2, 0.25) is 0 Å². The number of rotatable bonds is 6. The Kier molecular flexibility index (Phi) is 4.57. The van der Waals surface area contributed by atoms with E-state index >= 15 is 0 Å². The molecule has 5 heteroatoms. The first kappa shape index (κ1) is 12.3. The van der Waals surface area contributed by atoms with Crippen molar-refractivity contribution in [1.82, 2.24) is 9.47 Å². The van der Waals surface area contributed by atoms with Crippen LogP contribution in [0.5, 0.6) is 0 Å². The standard InChI is InChI=1S/C11H16N2O3/c1-12(8-5-11(15)16)10(14)4-9-13-6-2-3-7-13/h2-3,6-7H,4-5,8-9H2,1H3,(H,15,16). The zero-order valence-corrected chi connectivity index (χ0v) is 9.30. The van der Waals surface area contributed by atoms with Gasteiger partial charge in [0.2, 0.25) is 5.91 Å². The van der Waals surface area contributed by atoms with Gasteiger partial charge in [0.25, 0.3) is 0 Å². The molecule has 0 radical (unpaired) electrons. The van der Waals surface area contributed by atoms with E-state index < -0.39 is 5.97 Å². The summed E-state index contributed by atoms with van der Waals surface area (Å²) in [7, 11) is 1.63. The lowest BCUT2D eigenvalue weighted by Gasteiger charge is -2.16. The Morgan fingerprint density at radius 3 is 2.44 bits per heavy atom. The van der Waals surface area contributed by atoms with Crippen LogP contribution < -0.4 is 0 Å². The summed E-state index contributed by atoms with van der Waals surface area (Å²) < 4.78 is 1.92. The number of aryl methyl sites for hydroxylation is 1. The smallest absolute Gasteiger partial charge is 0.305 e. The largest absolute Gasteiger partial charge is 0.481 e. The molecule has 0 aliphatic carbocycles. The van der Waals surface area contributed by atoms with Gasteiger partial charge in [0.1, 0.15) is 0 Å². The van der Waals surface area contributed by atoms with Crippen LogP contribution in [0.25, 0.3) is 0 Å². The second kappa shape index (κ2) is 5.95. The highest BCUT2D eigenvalue weighted by Crippen LogP contribution is 1.98. The third-order valence-electron chi connectivity index (χ3n) is 2.34. The molecule has 0 aliphatic heterocycles. The highest BCUT2D eigenvalue weighted by atomic mass is 16.4. The van der Waals surface area contributed by atoms with Gasteiger partial charge in [0.15, 0.2) is 0 Å². The Balaban J connectivity index is 2.26. The Hall–Kier alpha value is -1.78. The van der Waals surface area contributed by atoms with Gasteiger partial charge in [-0.1, -0.05) is 0 Å². The van der Waals surface area contributed by atoms with Gasteiger partial charge in [-0.25, -0.2) is 0 Å². The fourth-order valence-electron chi connectivity index (χ4n) is 1.32. The molecule has 0 bridgehead atoms. The third kappa shape index (κ3) is 4.16. The number of nitrogens with zero attached hydrogens (tertiary/aromatic N) is 2. The molecule has 0 aromatic carbocycles. The Morgan fingerprint density at radius 1 is 1.25 bits per heavy atom. The van der Waals surface area contributed by atoms with Crippen LogP contribution >= 0.6 is 0 Å². The minimum absolute atomic E-state index is 0.00817. The molecule has 5 nitrogen and oxygen atoms in total. The van der Waals surface area contributed by atoms with Crippen molar-refractivity contribution in [3.63, 3.8) is 0 Å². The lowest BCUT2D eigenvalue weighted by Crippen LogP contribution is -2.29. The van der Waals surface area contributed by atoms with E-state index in [0.29, 0.717) is 13.0 Å². The van der Waals surface area contributed by atoms with Crippen LogP contribution in [0.3, 0.4) is 0 Å². The molecular formula is C11H16N2O3. The molecule has 0 atom stereocenters. The van der Waals surface area contributed by atoms with Gasteiger partial charge in [-0.3, -0.25) is 9.59 Å². The molecule has 0 saturated heterocycles. The Bertz CT molecular complexity index is 346. The van der Waals surface area contributed by atoms with E-state index in [1.54, 1.807) is 7.05 Å². The molecule has 0 aliphatic rings. The van der Waals surface area contributed by atoms with E-state index in [1.165, 1.54) is 4.90 Å². The van der Waals surface area contributed by atoms with E-state index in [0.717, 1.165) is 0 Å². The predicted molar refractivity (Wildman–Crippen MR) is 58.9 cm³/mol. The van der Waals surface area contributed by atoms with Crippen molar-refractivity contribution < 1.29 is 14.7 Å². The molecule has 88 valence electrons. The second-order valence-electron chi connectivity index (χ2n) is 3.63. The summed E-state index contributed by atoms with van der Waals surface area (Å²) in [5.74, 6) is -0.917. The van der Waals surface area contributed by atoms with Crippen LogP contribution in [-0.4, -0.2) is 40.0 Å². The molecule has 1 heterocycles. The number of aliphatic carboxylic acids is 1. The van der Waals surface area contributed by atoms with Crippen LogP contribution in [-0.2, 0) is 16.1 Å². The van der Waals surface area contributed by atoms with Gasteiger partial charge in [-0.15, -0.1) is 0 Å². The maximum Gasteiger partial charge on any atom is 0.305 e. The molecule has 0 saturated carbocycles. The first-order valence-electron chi connectivity index (χ1n) is 5.16. The van der Waals surface area contributed by atoms with Crippen molar-refractivity contribution in [3.8, 4) is 0 Å². The quantitative estimate of drug-likeness (QED) is 0.777. The Labute approximate surface area is 94.3 Å². The fraction of sp³-hybridized carbons (Fsp3) is 0.455. The normalized spacial score (nSPS) is 10.1. The van der Waals surface area contributed by atoms with Crippen molar-refractivity contribution >= 4 is 11.9 Å². The minimum atomic E-state index is -0.884. The predicted octanol–water partition coefficient (Wildman–Crippen LogP) is 0.811. The van der Waals surface area contributed by atoms with E-state index in [2.05, 4.69) is 0 Å². The maximum absolute atomic E-state index is 11.6. The summed E-state index contributed by atoms with van der Waals surface area (Å²) in [5.41, 5.74) is 0. The molecule has 1 rings (SSSR count). The summed E-state index contributed by atoms with van der Waals surface area (Å²) in [6.45, 7) is 0.892. The zero-order chi connectivity index (χ0) is 12.0. The monoisotopic (exact) mass is 224 g/mol. The van der Waals surface area contributed by atoms with Crippen LogP contribution in [0, 0.1) is 0 Å². The molecule has 1 aromatic heterocycles. The topological polar surface area (TPSA) is 62.5 Å². The van der Waals surface area contributed by atoms with E-state index in [-0.39, 0.29) is 18.9 Å². The zero-order valence-electron chi connectivity index (χ0n) is 9.30. The van der Waals surface area contributed by atoms with Crippen LogP contribution in [0.15, 0.2) is 24.5 Å². The summed E-state index contributed by atoms with van der Waals surface area (Å²) in [6.07, 6.45) is 4.17. The van der Waals surface area contributed by atoms with Crippen molar-refractivity contribution in [1.29, 1.82) is 0 Å². The fourth-order valence-corrected chi connectivity index (χ4v) is 1.32. The van der Waals surface area contributed by atoms with Crippen molar-refractivity contribution in [3.05, 3.63) is 24.5 Å². The lowest BCUT2D eigenvalue weighted by atomic mass is 10.3. The number of carbonyl (C=O) groups is 2. The number of amides is 1. The van der Waals surface area contributed by atoms with E-state index in [1.807, 2.05) is 29.1 Å². The third-order valence-corrected chi connectivity index (χ3v) is 2.34. The lowest BCUT2D eigenvalue weighted by molar-refractivity contribution is -0.138. The average molecular weight is 224 g/mol. The number of carboxylic acids is 1. The number of hydrogen-bond donors (Lipinski definition) is 1. The summed E-state index contributed by atoms with van der Waals surface area (Å²) in [5, 5.41) is 8.48. The van der Waals surface area contributed by atoms with Crippen molar-refractivity contribution in [2.45, 2.75) is 19.4 Å². The molecule has 1 aromatic rings. The highest BCUT2D eigenvalue weighted by molar-refractivity contribution is 5.76. The number of hydrogen-bond acceptors (Lipinski definition) is 2. The van der Waals surface area contributed by atoms with E-state index in [9.17, 15) is 9.59 Å². The van der Waals surface area contributed by atoms with Crippen LogP contribution in [0.1, 0.15) is 12.8 Å². The molecule has 16 heavy (non-hydrogen) atoms. The van der Waals surface area contributed by atoms with Gasteiger partial charge in [0, 0.05) is 39.0 Å². The molecule has 0 unspecified atom stereocenters. The van der Waals surface area contributed by atoms with Crippen molar-refractivity contribution in [2.24, 2.45) is 0 Å². The molecule has 1 N–H and O–H groups in total. The SMILES string of the molecule is CN(CCC(=O)O)C(=O)CCn1cccc1. The van der Waals surface area contributed by atoms with Gasteiger partial charge in [-0.05, 0) is 12.1 Å².